The van der Waals surface area contributed by atoms with E-state index in [0.717, 1.165) is 5.39 Å². The summed E-state index contributed by atoms with van der Waals surface area (Å²) in [5.74, 6) is -2.78. The number of carboxylic acid groups (broad SMARTS) is 1. The van der Waals surface area contributed by atoms with Crippen LogP contribution in [0.15, 0.2) is 41.6 Å². The van der Waals surface area contributed by atoms with Gasteiger partial charge in [0.2, 0.25) is 6.10 Å². The van der Waals surface area contributed by atoms with Gasteiger partial charge in [0.1, 0.15) is 5.69 Å². The van der Waals surface area contributed by atoms with Gasteiger partial charge < -0.3 is 20.6 Å². The highest BCUT2D eigenvalue weighted by atomic mass is 79.9. The zero-order chi connectivity index (χ0) is 24.8. The number of carbonyl (C=O) groups excluding carboxylic acids is 3. The van der Waals surface area contributed by atoms with Crippen molar-refractivity contribution in [2.75, 3.05) is 5.33 Å². The third-order valence-corrected chi connectivity index (χ3v) is 5.90. The van der Waals surface area contributed by atoms with Crippen LogP contribution >= 0.6 is 15.9 Å². The number of fused-ring (bicyclic) bond motifs is 1. The molecule has 1 aliphatic rings. The molecule has 2 unspecified atom stereocenters. The molecule has 0 spiro atoms. The standard InChI is InChI=1S/C23H25BrN4O6/c1-12(2)21(27-22(32)15-8-7-13-5-3-4-6-14(13)25-15)17-9-19(34-28-17)23(33)26-16(10-20(30)31)18(29)11-24/h3-8,12,16,19,21H,9-11H2,1-2H3,(H,26,33)(H,27,32)(H,30,31)/t16-,19?,21?/m0/s1. The van der Waals surface area contributed by atoms with Crippen LogP contribution in [0.25, 0.3) is 10.9 Å². The van der Waals surface area contributed by atoms with Gasteiger partial charge in [-0.3, -0.25) is 19.2 Å². The van der Waals surface area contributed by atoms with Gasteiger partial charge in [-0.15, -0.1) is 0 Å². The van der Waals surface area contributed by atoms with E-state index in [9.17, 15) is 19.2 Å². The lowest BCUT2D eigenvalue weighted by molar-refractivity contribution is -0.141. The van der Waals surface area contributed by atoms with E-state index in [4.69, 9.17) is 9.94 Å². The minimum atomic E-state index is -1.21. The molecule has 0 saturated heterocycles. The Morgan fingerprint density at radius 3 is 2.56 bits per heavy atom. The van der Waals surface area contributed by atoms with Gasteiger partial charge in [0, 0.05) is 11.8 Å². The summed E-state index contributed by atoms with van der Waals surface area (Å²) in [6.45, 7) is 3.79. The zero-order valence-corrected chi connectivity index (χ0v) is 20.2. The van der Waals surface area contributed by atoms with Crippen LogP contribution < -0.4 is 10.6 Å². The average molecular weight is 533 g/mol. The topological polar surface area (TPSA) is 147 Å². The number of benzene rings is 1. The zero-order valence-electron chi connectivity index (χ0n) is 18.7. The summed E-state index contributed by atoms with van der Waals surface area (Å²) in [6, 6.07) is 9.22. The number of alkyl halides is 1. The Kier molecular flexibility index (Phi) is 8.32. The highest BCUT2D eigenvalue weighted by Crippen LogP contribution is 2.19. The Morgan fingerprint density at radius 2 is 1.88 bits per heavy atom. The van der Waals surface area contributed by atoms with E-state index in [2.05, 4.69) is 36.7 Å². The molecule has 1 aromatic heterocycles. The Hall–Kier alpha value is -3.34. The van der Waals surface area contributed by atoms with Crippen LogP contribution in [0.5, 0.6) is 0 Å². The van der Waals surface area contributed by atoms with Crippen molar-refractivity contribution in [3.63, 3.8) is 0 Å². The first-order valence-corrected chi connectivity index (χ1v) is 11.8. The number of aromatic nitrogens is 1. The van der Waals surface area contributed by atoms with E-state index in [-0.39, 0.29) is 29.3 Å². The molecular formula is C23H25BrN4O6. The molecule has 180 valence electrons. The minimum absolute atomic E-state index is 0.0664. The fourth-order valence-electron chi connectivity index (χ4n) is 3.54. The molecule has 34 heavy (non-hydrogen) atoms. The van der Waals surface area contributed by atoms with Crippen LogP contribution in [0.1, 0.15) is 37.2 Å². The third-order valence-electron chi connectivity index (χ3n) is 5.34. The third kappa shape index (κ3) is 6.16. The molecule has 1 aromatic carbocycles. The lowest BCUT2D eigenvalue weighted by atomic mass is 9.95. The molecule has 1 aliphatic heterocycles. The molecule has 3 atom stereocenters. The van der Waals surface area contributed by atoms with Crippen molar-refractivity contribution in [1.29, 1.82) is 0 Å². The first-order valence-electron chi connectivity index (χ1n) is 10.7. The predicted octanol–water partition coefficient (Wildman–Crippen LogP) is 2.06. The van der Waals surface area contributed by atoms with Crippen molar-refractivity contribution in [2.45, 2.75) is 44.9 Å². The number of hydrogen-bond donors (Lipinski definition) is 3. The van der Waals surface area contributed by atoms with Crippen LogP contribution in [0.4, 0.5) is 0 Å². The van der Waals surface area contributed by atoms with Gasteiger partial charge in [0.25, 0.3) is 11.8 Å². The van der Waals surface area contributed by atoms with Gasteiger partial charge in [-0.05, 0) is 18.1 Å². The van der Waals surface area contributed by atoms with Crippen molar-refractivity contribution in [3.8, 4) is 0 Å². The van der Waals surface area contributed by atoms with Crippen LogP contribution in [-0.4, -0.2) is 62.9 Å². The smallest absolute Gasteiger partial charge is 0.305 e. The molecule has 11 heteroatoms. The number of oxime groups is 1. The number of pyridine rings is 1. The molecular weight excluding hydrogens is 508 g/mol. The first kappa shape index (κ1) is 25.3. The largest absolute Gasteiger partial charge is 0.481 e. The second-order valence-corrected chi connectivity index (χ2v) is 8.78. The number of nitrogens with one attached hydrogen (secondary N) is 2. The fourth-order valence-corrected chi connectivity index (χ4v) is 3.93. The molecule has 10 nitrogen and oxygen atoms in total. The van der Waals surface area contributed by atoms with E-state index in [1.807, 2.05) is 44.2 Å². The number of aliphatic carboxylic acids is 1. The molecule has 0 bridgehead atoms. The predicted molar refractivity (Wildman–Crippen MR) is 128 cm³/mol. The number of amides is 2. The molecule has 2 aromatic rings. The van der Waals surface area contributed by atoms with E-state index >= 15 is 0 Å². The molecule has 3 N–H and O–H groups in total. The summed E-state index contributed by atoms with van der Waals surface area (Å²) in [7, 11) is 0. The van der Waals surface area contributed by atoms with E-state index < -0.39 is 42.3 Å². The Bertz CT molecular complexity index is 1140. The summed E-state index contributed by atoms with van der Waals surface area (Å²) >= 11 is 2.99. The van der Waals surface area contributed by atoms with Crippen molar-refractivity contribution >= 4 is 56.1 Å². The number of carboxylic acids is 1. The van der Waals surface area contributed by atoms with Gasteiger partial charge in [-0.25, -0.2) is 4.98 Å². The SMILES string of the molecule is CC(C)C(NC(=O)c1ccc2ccccc2n1)C1=NOC(C(=O)N[C@@H](CC(=O)O)C(=O)CBr)C1. The van der Waals surface area contributed by atoms with E-state index in [0.29, 0.717) is 11.2 Å². The molecule has 0 saturated carbocycles. The highest BCUT2D eigenvalue weighted by Gasteiger charge is 2.36. The molecule has 0 aliphatic carbocycles. The first-order chi connectivity index (χ1) is 16.2. The molecule has 2 amide bonds. The molecule has 3 rings (SSSR count). The maximum Gasteiger partial charge on any atom is 0.305 e. The minimum Gasteiger partial charge on any atom is -0.481 e. The fraction of sp³-hybridized carbons (Fsp3) is 0.391. The number of para-hydroxylation sites is 1. The second-order valence-electron chi connectivity index (χ2n) is 8.22. The van der Waals surface area contributed by atoms with Crippen molar-refractivity contribution in [1.82, 2.24) is 15.6 Å². The van der Waals surface area contributed by atoms with Crippen LogP contribution in [-0.2, 0) is 19.2 Å². The normalized spacial score (nSPS) is 16.9. The number of nitrogens with zero attached hydrogens (tertiary/aromatic N) is 2. The number of ketones is 1. The summed E-state index contributed by atoms with van der Waals surface area (Å²) in [5.41, 5.74) is 1.41. The molecule has 0 radical (unpaired) electrons. The van der Waals surface area contributed by atoms with Gasteiger partial charge >= 0.3 is 5.97 Å². The van der Waals surface area contributed by atoms with Crippen LogP contribution in [0, 0.1) is 5.92 Å². The Labute approximate surface area is 204 Å². The Morgan fingerprint density at radius 1 is 1.15 bits per heavy atom. The summed E-state index contributed by atoms with van der Waals surface area (Å²) in [6.07, 6.45) is -1.49. The van der Waals surface area contributed by atoms with Crippen molar-refractivity contribution < 1.29 is 29.1 Å². The maximum atomic E-state index is 12.9. The van der Waals surface area contributed by atoms with Crippen molar-refractivity contribution in [2.24, 2.45) is 11.1 Å². The summed E-state index contributed by atoms with van der Waals surface area (Å²) in [4.78, 5) is 58.1. The highest BCUT2D eigenvalue weighted by molar-refractivity contribution is 9.09. The summed E-state index contributed by atoms with van der Waals surface area (Å²) in [5, 5.41) is 19.2. The Balaban J connectivity index is 1.66. The maximum absolute atomic E-state index is 12.9. The summed E-state index contributed by atoms with van der Waals surface area (Å²) < 4.78 is 0. The van der Waals surface area contributed by atoms with Gasteiger partial charge in [0.15, 0.2) is 5.78 Å². The number of halogens is 1. The lowest BCUT2D eigenvalue weighted by Gasteiger charge is -2.22. The van der Waals surface area contributed by atoms with Crippen molar-refractivity contribution in [3.05, 3.63) is 42.1 Å². The van der Waals surface area contributed by atoms with Crippen LogP contribution in [0.3, 0.4) is 0 Å². The quantitative estimate of drug-likeness (QED) is 0.396. The van der Waals surface area contributed by atoms with Gasteiger partial charge in [0.05, 0.1) is 35.1 Å². The average Bonchev–Trinajstić information content (AvgIpc) is 3.30. The second kappa shape index (κ2) is 11.2. The monoisotopic (exact) mass is 532 g/mol. The number of hydrogen-bond acceptors (Lipinski definition) is 7. The van der Waals surface area contributed by atoms with Crippen LogP contribution in [0.2, 0.25) is 0 Å². The van der Waals surface area contributed by atoms with Gasteiger partial charge in [-0.1, -0.05) is 59.2 Å². The van der Waals surface area contributed by atoms with E-state index in [1.54, 1.807) is 6.07 Å². The molecule has 2 heterocycles. The number of carbonyl (C=O) groups is 4. The lowest BCUT2D eigenvalue weighted by Crippen LogP contribution is -2.48. The van der Waals surface area contributed by atoms with E-state index in [1.165, 1.54) is 0 Å². The molecule has 0 fully saturated rings. The number of Topliss-reactive ketones (excluding diaryl/α,β-unsaturated/α-hetero) is 1. The van der Waals surface area contributed by atoms with Gasteiger partial charge in [-0.2, -0.15) is 0 Å². The number of rotatable bonds is 10.